The van der Waals surface area contributed by atoms with Gasteiger partial charge in [-0.3, -0.25) is 0 Å². The molecule has 5 aromatic carbocycles. The molecule has 0 aliphatic rings. The number of halogens is 2. The zero-order chi connectivity index (χ0) is 26.5. The molecule has 0 heterocycles. The van der Waals surface area contributed by atoms with Crippen LogP contribution in [-0.2, 0) is 0 Å². The summed E-state index contributed by atoms with van der Waals surface area (Å²) in [5, 5.41) is 0. The average molecular weight is 509 g/mol. The molecule has 5 rings (SSSR count). The largest absolute Gasteiger partial charge is 0.497 e. The number of methoxy groups -OCH3 is 2. The summed E-state index contributed by atoms with van der Waals surface area (Å²) in [6, 6.07) is 36.2. The minimum absolute atomic E-state index is 0.322. The van der Waals surface area contributed by atoms with E-state index < -0.39 is 0 Å². The van der Waals surface area contributed by atoms with Crippen molar-refractivity contribution in [2.75, 3.05) is 24.0 Å². The van der Waals surface area contributed by atoms with Crippen LogP contribution < -0.4 is 19.3 Å². The summed E-state index contributed by atoms with van der Waals surface area (Å²) in [5.74, 6) is 0.900. The summed E-state index contributed by atoms with van der Waals surface area (Å²) in [7, 11) is 3.28. The van der Waals surface area contributed by atoms with E-state index in [0.29, 0.717) is 0 Å². The molecule has 6 heteroatoms. The maximum atomic E-state index is 13.7. The standard InChI is InChI=1S/C32H26F2N2O2/c1-37-31-19-15-29(16-20-31)36(30-17-21-32(38-2)22-18-30)28-13-11-27(12-14-28)35(25-7-3-23(33)4-8-25)26-9-5-24(34)6-10-26/h3-22H,1-2H3. The Balaban J connectivity index is 1.56. The molecule has 0 radical (unpaired) electrons. The third-order valence-electron chi connectivity index (χ3n) is 6.20. The summed E-state index contributed by atoms with van der Waals surface area (Å²) in [5.41, 5.74) is 5.20. The van der Waals surface area contributed by atoms with Crippen LogP contribution in [0.3, 0.4) is 0 Å². The van der Waals surface area contributed by atoms with Crippen LogP contribution >= 0.6 is 0 Å². The Labute approximate surface area is 220 Å². The highest BCUT2D eigenvalue weighted by Gasteiger charge is 2.16. The Hall–Kier alpha value is -4.84. The number of rotatable bonds is 8. The SMILES string of the molecule is COc1ccc(N(c2ccc(OC)cc2)c2ccc(N(c3ccc(F)cc3)c3ccc(F)cc3)cc2)cc1. The number of nitrogens with zero attached hydrogens (tertiary/aromatic N) is 2. The molecule has 0 bridgehead atoms. The van der Waals surface area contributed by atoms with Crippen molar-refractivity contribution in [3.05, 3.63) is 133 Å². The van der Waals surface area contributed by atoms with Crippen molar-refractivity contribution < 1.29 is 18.3 Å². The molecule has 0 spiro atoms. The molecule has 0 N–H and O–H groups in total. The second-order valence-corrected chi connectivity index (χ2v) is 8.54. The first kappa shape index (κ1) is 24.8. The summed E-state index contributed by atoms with van der Waals surface area (Å²) in [4.78, 5) is 4.08. The topological polar surface area (TPSA) is 24.9 Å². The fourth-order valence-corrected chi connectivity index (χ4v) is 4.29. The van der Waals surface area contributed by atoms with Gasteiger partial charge in [0.1, 0.15) is 23.1 Å². The predicted molar refractivity (Wildman–Crippen MR) is 149 cm³/mol. The van der Waals surface area contributed by atoms with E-state index in [-0.39, 0.29) is 11.6 Å². The Morgan fingerprint density at radius 2 is 0.579 bits per heavy atom. The monoisotopic (exact) mass is 508 g/mol. The van der Waals surface area contributed by atoms with Gasteiger partial charge in [-0.2, -0.15) is 0 Å². The number of hydrogen-bond donors (Lipinski definition) is 0. The first-order chi connectivity index (χ1) is 18.6. The molecule has 38 heavy (non-hydrogen) atoms. The van der Waals surface area contributed by atoms with Crippen molar-refractivity contribution in [1.82, 2.24) is 0 Å². The van der Waals surface area contributed by atoms with E-state index in [4.69, 9.17) is 9.47 Å². The van der Waals surface area contributed by atoms with Crippen molar-refractivity contribution in [3.63, 3.8) is 0 Å². The van der Waals surface area contributed by atoms with Crippen LogP contribution in [0.2, 0.25) is 0 Å². The molecule has 5 aromatic rings. The van der Waals surface area contributed by atoms with E-state index in [2.05, 4.69) is 4.90 Å². The van der Waals surface area contributed by atoms with Crippen molar-refractivity contribution in [2.24, 2.45) is 0 Å². The minimum atomic E-state index is -0.322. The van der Waals surface area contributed by atoms with Crippen molar-refractivity contribution in [2.45, 2.75) is 0 Å². The van der Waals surface area contributed by atoms with Gasteiger partial charge in [0.15, 0.2) is 0 Å². The van der Waals surface area contributed by atoms with Crippen LogP contribution in [0.4, 0.5) is 42.9 Å². The smallest absolute Gasteiger partial charge is 0.123 e. The fourth-order valence-electron chi connectivity index (χ4n) is 4.29. The molecule has 0 saturated heterocycles. The second kappa shape index (κ2) is 11.0. The zero-order valence-corrected chi connectivity index (χ0v) is 21.0. The number of ether oxygens (including phenoxy) is 2. The van der Waals surface area contributed by atoms with E-state index in [0.717, 1.165) is 45.6 Å². The lowest BCUT2D eigenvalue weighted by atomic mass is 10.1. The lowest BCUT2D eigenvalue weighted by Crippen LogP contribution is -2.12. The molecule has 0 aromatic heterocycles. The van der Waals surface area contributed by atoms with Crippen molar-refractivity contribution in [3.8, 4) is 11.5 Å². The second-order valence-electron chi connectivity index (χ2n) is 8.54. The van der Waals surface area contributed by atoms with Crippen molar-refractivity contribution in [1.29, 1.82) is 0 Å². The quantitative estimate of drug-likeness (QED) is 0.209. The molecule has 0 unspecified atom stereocenters. The van der Waals surface area contributed by atoms with Gasteiger partial charge in [0, 0.05) is 34.1 Å². The Morgan fingerprint density at radius 1 is 0.368 bits per heavy atom. The van der Waals surface area contributed by atoms with Gasteiger partial charge in [-0.05, 0) is 121 Å². The molecule has 0 aliphatic carbocycles. The number of benzene rings is 5. The van der Waals surface area contributed by atoms with Gasteiger partial charge in [0.2, 0.25) is 0 Å². The fraction of sp³-hybridized carbons (Fsp3) is 0.0625. The summed E-state index contributed by atoms with van der Waals surface area (Å²) in [6.45, 7) is 0. The third kappa shape index (κ3) is 5.30. The van der Waals surface area contributed by atoms with Crippen LogP contribution in [0, 0.1) is 11.6 Å². The Morgan fingerprint density at radius 3 is 0.816 bits per heavy atom. The van der Waals surface area contributed by atoms with Crippen LogP contribution in [0.1, 0.15) is 0 Å². The predicted octanol–water partition coefficient (Wildman–Crippen LogP) is 8.92. The highest BCUT2D eigenvalue weighted by atomic mass is 19.1. The molecular formula is C32H26F2N2O2. The highest BCUT2D eigenvalue weighted by Crippen LogP contribution is 2.39. The van der Waals surface area contributed by atoms with E-state index >= 15 is 0 Å². The lowest BCUT2D eigenvalue weighted by molar-refractivity contribution is 0.415. The highest BCUT2D eigenvalue weighted by molar-refractivity contribution is 5.81. The normalized spacial score (nSPS) is 10.6. The Bertz CT molecular complexity index is 1380. The molecule has 0 atom stereocenters. The van der Waals surface area contributed by atoms with Crippen LogP contribution in [0.5, 0.6) is 11.5 Å². The number of anilines is 6. The van der Waals surface area contributed by atoms with Gasteiger partial charge in [-0.1, -0.05) is 0 Å². The van der Waals surface area contributed by atoms with E-state index in [1.54, 1.807) is 38.5 Å². The van der Waals surface area contributed by atoms with Gasteiger partial charge in [-0.25, -0.2) is 8.78 Å². The van der Waals surface area contributed by atoms with Crippen LogP contribution in [-0.4, -0.2) is 14.2 Å². The van der Waals surface area contributed by atoms with Gasteiger partial charge < -0.3 is 19.3 Å². The first-order valence-electron chi connectivity index (χ1n) is 12.1. The zero-order valence-electron chi connectivity index (χ0n) is 21.0. The van der Waals surface area contributed by atoms with E-state index in [1.165, 1.54) is 24.3 Å². The lowest BCUT2D eigenvalue weighted by Gasteiger charge is -2.28. The summed E-state index contributed by atoms with van der Waals surface area (Å²) < 4.78 is 38.0. The first-order valence-corrected chi connectivity index (χ1v) is 12.1. The number of hydrogen-bond acceptors (Lipinski definition) is 4. The van der Waals surface area contributed by atoms with Crippen LogP contribution in [0.25, 0.3) is 0 Å². The van der Waals surface area contributed by atoms with E-state index in [1.807, 2.05) is 77.7 Å². The van der Waals surface area contributed by atoms with Gasteiger partial charge in [0.05, 0.1) is 14.2 Å². The molecule has 190 valence electrons. The van der Waals surface area contributed by atoms with Crippen molar-refractivity contribution >= 4 is 34.1 Å². The minimum Gasteiger partial charge on any atom is -0.497 e. The maximum Gasteiger partial charge on any atom is 0.123 e. The molecule has 0 aliphatic heterocycles. The molecule has 4 nitrogen and oxygen atoms in total. The Kier molecular flexibility index (Phi) is 7.22. The van der Waals surface area contributed by atoms with Gasteiger partial charge in [-0.15, -0.1) is 0 Å². The molecular weight excluding hydrogens is 482 g/mol. The summed E-state index contributed by atoms with van der Waals surface area (Å²) in [6.07, 6.45) is 0. The molecule has 0 amide bonds. The summed E-state index contributed by atoms with van der Waals surface area (Å²) >= 11 is 0. The van der Waals surface area contributed by atoms with Crippen LogP contribution in [0.15, 0.2) is 121 Å². The van der Waals surface area contributed by atoms with Gasteiger partial charge >= 0.3 is 0 Å². The third-order valence-corrected chi connectivity index (χ3v) is 6.20. The molecule has 0 fully saturated rings. The maximum absolute atomic E-state index is 13.7. The average Bonchev–Trinajstić information content (AvgIpc) is 2.97. The molecule has 0 saturated carbocycles. The van der Waals surface area contributed by atoms with E-state index in [9.17, 15) is 8.78 Å². The van der Waals surface area contributed by atoms with Gasteiger partial charge in [0.25, 0.3) is 0 Å².